The molecule has 0 saturated carbocycles. The molecule has 0 N–H and O–H groups in total. The molecule has 3 rings (SSSR count). The predicted molar refractivity (Wildman–Crippen MR) is 90.9 cm³/mol. The number of hydrogen-bond acceptors (Lipinski definition) is 4. The number of aryl methyl sites for hydroxylation is 1. The van der Waals surface area contributed by atoms with E-state index in [0.29, 0.717) is 36.8 Å². The Labute approximate surface area is 149 Å². The van der Waals surface area contributed by atoms with Gasteiger partial charge in [0.1, 0.15) is 12.1 Å². The molecule has 1 saturated heterocycles. The topological polar surface area (TPSA) is 58.4 Å². The van der Waals surface area contributed by atoms with Crippen LogP contribution in [0.15, 0.2) is 30.5 Å². The average Bonchev–Trinajstić information content (AvgIpc) is 2.94. The second-order valence-electron chi connectivity index (χ2n) is 5.96. The molecule has 132 valence electrons. The summed E-state index contributed by atoms with van der Waals surface area (Å²) in [5.74, 6) is -0.596. The molecule has 2 heterocycles. The normalized spacial score (nSPS) is 16.7. The van der Waals surface area contributed by atoms with Gasteiger partial charge in [-0.1, -0.05) is 23.7 Å². The lowest BCUT2D eigenvalue weighted by molar-refractivity contribution is -0.113. The highest BCUT2D eigenvalue weighted by molar-refractivity contribution is 6.33. The van der Waals surface area contributed by atoms with E-state index in [4.69, 9.17) is 11.6 Å². The molecule has 6 nitrogen and oxygen atoms in total. The SMILES string of the molecule is Cn1cc(Cl)c(C(=O)N2CCN([C@H](C=O)c3cccc(F)c3)CC2)n1. The predicted octanol–water partition coefficient (Wildman–Crippen LogP) is 1.91. The van der Waals surface area contributed by atoms with Gasteiger partial charge in [0.25, 0.3) is 5.91 Å². The Hall–Kier alpha value is -2.25. The molecule has 0 aliphatic carbocycles. The highest BCUT2D eigenvalue weighted by Gasteiger charge is 2.29. The zero-order valence-electron chi connectivity index (χ0n) is 13.7. The van der Waals surface area contributed by atoms with Crippen molar-refractivity contribution in [2.45, 2.75) is 6.04 Å². The molecule has 2 aromatic rings. The van der Waals surface area contributed by atoms with Crippen LogP contribution in [0.3, 0.4) is 0 Å². The number of piperazine rings is 1. The summed E-state index contributed by atoms with van der Waals surface area (Å²) in [5.41, 5.74) is 0.845. The lowest BCUT2D eigenvalue weighted by Gasteiger charge is -2.37. The van der Waals surface area contributed by atoms with Crippen LogP contribution in [0.5, 0.6) is 0 Å². The van der Waals surface area contributed by atoms with Gasteiger partial charge in [0.15, 0.2) is 5.69 Å². The fourth-order valence-electron chi connectivity index (χ4n) is 3.02. The first-order valence-electron chi connectivity index (χ1n) is 7.93. The number of rotatable bonds is 4. The molecule has 1 atom stereocenters. The van der Waals surface area contributed by atoms with Crippen LogP contribution in [0, 0.1) is 5.82 Å². The summed E-state index contributed by atoms with van der Waals surface area (Å²) in [4.78, 5) is 27.6. The number of benzene rings is 1. The van der Waals surface area contributed by atoms with Crippen LogP contribution in [0.4, 0.5) is 4.39 Å². The van der Waals surface area contributed by atoms with Gasteiger partial charge in [0.2, 0.25) is 0 Å². The average molecular weight is 365 g/mol. The molecule has 0 spiro atoms. The fraction of sp³-hybridized carbons (Fsp3) is 0.353. The van der Waals surface area contributed by atoms with Crippen molar-refractivity contribution in [3.63, 3.8) is 0 Å². The number of nitrogens with zero attached hydrogens (tertiary/aromatic N) is 4. The van der Waals surface area contributed by atoms with E-state index in [1.54, 1.807) is 30.3 Å². The first-order valence-corrected chi connectivity index (χ1v) is 8.30. The number of halogens is 2. The van der Waals surface area contributed by atoms with E-state index in [1.807, 2.05) is 4.90 Å². The molecule has 0 unspecified atom stereocenters. The third-order valence-electron chi connectivity index (χ3n) is 4.30. The van der Waals surface area contributed by atoms with Crippen LogP contribution in [-0.4, -0.2) is 58.0 Å². The monoisotopic (exact) mass is 364 g/mol. The first kappa shape index (κ1) is 17.6. The van der Waals surface area contributed by atoms with Gasteiger partial charge in [-0.15, -0.1) is 0 Å². The van der Waals surface area contributed by atoms with E-state index < -0.39 is 6.04 Å². The van der Waals surface area contributed by atoms with Crippen LogP contribution in [0.2, 0.25) is 5.02 Å². The third kappa shape index (κ3) is 3.72. The summed E-state index contributed by atoms with van der Waals surface area (Å²) in [6, 6.07) is 5.51. The van der Waals surface area contributed by atoms with Gasteiger partial charge in [-0.2, -0.15) is 5.10 Å². The number of carbonyl (C=O) groups is 2. The summed E-state index contributed by atoms with van der Waals surface area (Å²) < 4.78 is 14.9. The highest BCUT2D eigenvalue weighted by atomic mass is 35.5. The largest absolute Gasteiger partial charge is 0.335 e. The molecule has 25 heavy (non-hydrogen) atoms. The molecular formula is C17H18ClFN4O2. The van der Waals surface area contributed by atoms with Gasteiger partial charge < -0.3 is 9.69 Å². The number of hydrogen-bond donors (Lipinski definition) is 0. The Balaban J connectivity index is 1.67. The highest BCUT2D eigenvalue weighted by Crippen LogP contribution is 2.22. The first-order chi connectivity index (χ1) is 12.0. The second-order valence-corrected chi connectivity index (χ2v) is 6.37. The Morgan fingerprint density at radius 2 is 2.04 bits per heavy atom. The van der Waals surface area contributed by atoms with Gasteiger partial charge in [0, 0.05) is 39.4 Å². The lowest BCUT2D eigenvalue weighted by Crippen LogP contribution is -2.50. The fourth-order valence-corrected chi connectivity index (χ4v) is 3.28. The minimum Gasteiger partial charge on any atom is -0.335 e. The minimum atomic E-state index is -0.522. The number of aromatic nitrogens is 2. The van der Waals surface area contributed by atoms with Crippen LogP contribution >= 0.6 is 11.6 Å². The Bertz CT molecular complexity index is 787. The maximum Gasteiger partial charge on any atom is 0.276 e. The van der Waals surface area contributed by atoms with Crippen LogP contribution in [-0.2, 0) is 11.8 Å². The molecular weight excluding hydrogens is 347 g/mol. The van der Waals surface area contributed by atoms with Crippen molar-refractivity contribution in [1.82, 2.24) is 19.6 Å². The van der Waals surface area contributed by atoms with Gasteiger partial charge in [0.05, 0.1) is 11.1 Å². The Morgan fingerprint density at radius 1 is 1.32 bits per heavy atom. The molecule has 0 bridgehead atoms. The molecule has 1 fully saturated rings. The lowest BCUT2D eigenvalue weighted by atomic mass is 10.1. The van der Waals surface area contributed by atoms with E-state index in [9.17, 15) is 14.0 Å². The van der Waals surface area contributed by atoms with E-state index in [-0.39, 0.29) is 17.4 Å². The van der Waals surface area contributed by atoms with Crippen molar-refractivity contribution in [3.8, 4) is 0 Å². The van der Waals surface area contributed by atoms with Gasteiger partial charge in [-0.25, -0.2) is 4.39 Å². The van der Waals surface area contributed by atoms with Crippen LogP contribution < -0.4 is 0 Å². The summed E-state index contributed by atoms with van der Waals surface area (Å²) in [6.45, 7) is 1.92. The second kappa shape index (κ2) is 7.33. The summed E-state index contributed by atoms with van der Waals surface area (Å²) in [7, 11) is 1.70. The zero-order valence-corrected chi connectivity index (χ0v) is 14.5. The molecule has 1 amide bonds. The van der Waals surface area contributed by atoms with Crippen molar-refractivity contribution in [3.05, 3.63) is 52.6 Å². The van der Waals surface area contributed by atoms with Crippen molar-refractivity contribution < 1.29 is 14.0 Å². The maximum absolute atomic E-state index is 13.4. The van der Waals surface area contributed by atoms with Gasteiger partial charge >= 0.3 is 0 Å². The van der Waals surface area contributed by atoms with Gasteiger partial charge in [-0.05, 0) is 17.7 Å². The van der Waals surface area contributed by atoms with Crippen molar-refractivity contribution in [2.75, 3.05) is 26.2 Å². The van der Waals surface area contributed by atoms with E-state index in [2.05, 4.69) is 5.10 Å². The van der Waals surface area contributed by atoms with Crippen LogP contribution in [0.1, 0.15) is 22.1 Å². The molecule has 0 radical (unpaired) electrons. The zero-order chi connectivity index (χ0) is 18.0. The Kier molecular flexibility index (Phi) is 5.15. The standard InChI is InChI=1S/C17H18ClFN4O2/c1-21-10-14(18)16(20-21)17(25)23-7-5-22(6-8-23)15(11-24)12-3-2-4-13(19)9-12/h2-4,9-11,15H,5-8H2,1H3/t15-/m1/s1. The third-order valence-corrected chi connectivity index (χ3v) is 4.58. The van der Waals surface area contributed by atoms with E-state index >= 15 is 0 Å². The molecule has 1 aromatic heterocycles. The molecule has 1 aromatic carbocycles. The summed E-state index contributed by atoms with van der Waals surface area (Å²) in [5, 5.41) is 4.41. The number of aldehydes is 1. The smallest absolute Gasteiger partial charge is 0.276 e. The van der Waals surface area contributed by atoms with Crippen molar-refractivity contribution >= 4 is 23.8 Å². The van der Waals surface area contributed by atoms with Crippen molar-refractivity contribution in [2.24, 2.45) is 7.05 Å². The molecule has 8 heteroatoms. The van der Waals surface area contributed by atoms with Crippen LogP contribution in [0.25, 0.3) is 0 Å². The number of amides is 1. The minimum absolute atomic E-state index is 0.223. The summed E-state index contributed by atoms with van der Waals surface area (Å²) >= 11 is 6.03. The number of carbonyl (C=O) groups excluding carboxylic acids is 2. The molecule has 1 aliphatic rings. The maximum atomic E-state index is 13.4. The van der Waals surface area contributed by atoms with E-state index in [1.165, 1.54) is 16.8 Å². The summed E-state index contributed by atoms with van der Waals surface area (Å²) in [6.07, 6.45) is 2.39. The quantitative estimate of drug-likeness (QED) is 0.778. The van der Waals surface area contributed by atoms with E-state index in [0.717, 1.165) is 6.29 Å². The van der Waals surface area contributed by atoms with Gasteiger partial charge in [-0.3, -0.25) is 14.4 Å². The van der Waals surface area contributed by atoms with Crippen molar-refractivity contribution in [1.29, 1.82) is 0 Å². The molecule has 1 aliphatic heterocycles. The Morgan fingerprint density at radius 3 is 2.60 bits per heavy atom.